The van der Waals surface area contributed by atoms with Gasteiger partial charge < -0.3 is 20.1 Å². The third-order valence-corrected chi connectivity index (χ3v) is 5.41. The number of halogens is 3. The van der Waals surface area contributed by atoms with Crippen molar-refractivity contribution in [3.8, 4) is 17.6 Å². The Kier molecular flexibility index (Phi) is 9.45. The van der Waals surface area contributed by atoms with E-state index in [4.69, 9.17) is 21.1 Å². The van der Waals surface area contributed by atoms with E-state index in [-0.39, 0.29) is 29.4 Å². The maximum Gasteiger partial charge on any atom is 0.266 e. The maximum atomic E-state index is 13.8. The van der Waals surface area contributed by atoms with Gasteiger partial charge in [0.2, 0.25) is 0 Å². The number of hydrogen-bond donors (Lipinski definition) is 2. The minimum atomic E-state index is -0.612. The van der Waals surface area contributed by atoms with Crippen LogP contribution < -0.4 is 20.1 Å². The van der Waals surface area contributed by atoms with E-state index in [1.807, 2.05) is 6.07 Å². The molecule has 0 fully saturated rings. The molecule has 3 aromatic carbocycles. The summed E-state index contributed by atoms with van der Waals surface area (Å²) >= 11 is 9.32. The lowest BCUT2D eigenvalue weighted by molar-refractivity contribution is -0.118. The fourth-order valence-electron chi connectivity index (χ4n) is 3.04. The van der Waals surface area contributed by atoms with Gasteiger partial charge in [0.1, 0.15) is 17.5 Å². The molecule has 10 heteroatoms. The Balaban J connectivity index is 1.78. The third kappa shape index (κ3) is 7.31. The standard InChI is InChI=1S/C26H20BrClFN3O4/c1-2-35-23-12-16(10-17(14-30)26(34)31-19-7-5-6-18(28)13-19)11-20(27)25(23)36-15-24(33)32-22-9-4-3-8-21(22)29/h3-13H,2,15H2,1H3,(H,31,34)(H,32,33)/b17-10-. The van der Waals surface area contributed by atoms with Crippen LogP contribution >= 0.6 is 27.5 Å². The minimum absolute atomic E-state index is 0.0377. The summed E-state index contributed by atoms with van der Waals surface area (Å²) in [5, 5.41) is 15.0. The van der Waals surface area contributed by atoms with E-state index in [2.05, 4.69) is 26.6 Å². The Labute approximate surface area is 220 Å². The molecule has 7 nitrogen and oxygen atoms in total. The molecule has 3 rings (SSSR count). The number of para-hydroxylation sites is 1. The van der Waals surface area contributed by atoms with Crippen molar-refractivity contribution in [3.05, 3.63) is 87.1 Å². The van der Waals surface area contributed by atoms with Crippen molar-refractivity contribution in [2.24, 2.45) is 0 Å². The van der Waals surface area contributed by atoms with Crippen molar-refractivity contribution in [1.29, 1.82) is 5.26 Å². The molecule has 2 amide bonds. The third-order valence-electron chi connectivity index (χ3n) is 4.59. The molecule has 0 saturated carbocycles. The molecule has 36 heavy (non-hydrogen) atoms. The number of rotatable bonds is 9. The summed E-state index contributed by atoms with van der Waals surface area (Å²) in [6, 6.07) is 17.4. The van der Waals surface area contributed by atoms with E-state index in [1.165, 1.54) is 24.3 Å². The van der Waals surface area contributed by atoms with Gasteiger partial charge in [-0.2, -0.15) is 5.26 Å². The lowest BCUT2D eigenvalue weighted by atomic mass is 10.1. The van der Waals surface area contributed by atoms with Crippen LogP contribution in [-0.4, -0.2) is 25.0 Å². The first-order chi connectivity index (χ1) is 17.3. The average Bonchev–Trinajstić information content (AvgIpc) is 2.83. The normalized spacial score (nSPS) is 10.8. The van der Waals surface area contributed by atoms with Crippen LogP contribution in [0.25, 0.3) is 6.08 Å². The maximum absolute atomic E-state index is 13.8. The molecule has 0 bridgehead atoms. The zero-order valence-corrected chi connectivity index (χ0v) is 21.3. The molecule has 0 atom stereocenters. The molecule has 0 radical (unpaired) electrons. The summed E-state index contributed by atoms with van der Waals surface area (Å²) < 4.78 is 25.5. The number of nitrogens with one attached hydrogen (secondary N) is 2. The summed E-state index contributed by atoms with van der Waals surface area (Å²) in [5.74, 6) is -1.23. The van der Waals surface area contributed by atoms with Crippen LogP contribution in [0, 0.1) is 17.1 Å². The van der Waals surface area contributed by atoms with Crippen molar-refractivity contribution in [3.63, 3.8) is 0 Å². The van der Waals surface area contributed by atoms with E-state index in [0.29, 0.717) is 20.7 Å². The van der Waals surface area contributed by atoms with Crippen molar-refractivity contribution in [1.82, 2.24) is 0 Å². The first-order valence-electron chi connectivity index (χ1n) is 10.6. The molecule has 184 valence electrons. The quantitative estimate of drug-likeness (QED) is 0.235. The number of benzene rings is 3. The minimum Gasteiger partial charge on any atom is -0.490 e. The topological polar surface area (TPSA) is 100 Å². The SMILES string of the molecule is CCOc1cc(/C=C(/C#N)C(=O)Nc2cccc(Cl)c2)cc(Br)c1OCC(=O)Nc1ccccc1F. The summed E-state index contributed by atoms with van der Waals surface area (Å²) in [6.45, 7) is 1.65. The van der Waals surface area contributed by atoms with Crippen LogP contribution in [0.15, 0.2) is 70.7 Å². The largest absolute Gasteiger partial charge is 0.490 e. The average molecular weight is 573 g/mol. The van der Waals surface area contributed by atoms with Crippen LogP contribution in [0.1, 0.15) is 12.5 Å². The van der Waals surface area contributed by atoms with Crippen LogP contribution in [0.5, 0.6) is 11.5 Å². The number of carbonyl (C=O) groups excluding carboxylic acids is 2. The highest BCUT2D eigenvalue weighted by Crippen LogP contribution is 2.37. The van der Waals surface area contributed by atoms with Gasteiger partial charge in [-0.05, 0) is 77.0 Å². The lowest BCUT2D eigenvalue weighted by Crippen LogP contribution is -2.21. The molecule has 0 heterocycles. The van der Waals surface area contributed by atoms with Crippen LogP contribution in [-0.2, 0) is 9.59 Å². The monoisotopic (exact) mass is 571 g/mol. The van der Waals surface area contributed by atoms with Crippen molar-refractivity contribution in [2.75, 3.05) is 23.8 Å². The Morgan fingerprint density at radius 3 is 2.58 bits per heavy atom. The van der Waals surface area contributed by atoms with Gasteiger partial charge in [-0.3, -0.25) is 9.59 Å². The van der Waals surface area contributed by atoms with E-state index in [9.17, 15) is 19.2 Å². The summed E-state index contributed by atoms with van der Waals surface area (Å²) in [6.07, 6.45) is 1.39. The van der Waals surface area contributed by atoms with Crippen LogP contribution in [0.2, 0.25) is 5.02 Å². The van der Waals surface area contributed by atoms with E-state index in [0.717, 1.165) is 0 Å². The van der Waals surface area contributed by atoms with Gasteiger partial charge in [0, 0.05) is 10.7 Å². The second kappa shape index (κ2) is 12.7. The fourth-order valence-corrected chi connectivity index (χ4v) is 3.81. The predicted molar refractivity (Wildman–Crippen MR) is 140 cm³/mol. The smallest absolute Gasteiger partial charge is 0.266 e. The molecule has 0 saturated heterocycles. The highest BCUT2D eigenvalue weighted by molar-refractivity contribution is 9.10. The van der Waals surface area contributed by atoms with Crippen molar-refractivity contribution < 1.29 is 23.5 Å². The molecule has 3 aromatic rings. The predicted octanol–water partition coefficient (Wildman–Crippen LogP) is 6.20. The van der Waals surface area contributed by atoms with Gasteiger partial charge in [-0.1, -0.05) is 29.8 Å². The van der Waals surface area contributed by atoms with Crippen molar-refractivity contribution >= 4 is 56.8 Å². The van der Waals surface area contributed by atoms with E-state index >= 15 is 0 Å². The lowest BCUT2D eigenvalue weighted by Gasteiger charge is -2.15. The fraction of sp³-hybridized carbons (Fsp3) is 0.115. The molecule has 2 N–H and O–H groups in total. The van der Waals surface area contributed by atoms with Crippen LogP contribution in [0.3, 0.4) is 0 Å². The van der Waals surface area contributed by atoms with Gasteiger partial charge in [-0.25, -0.2) is 4.39 Å². The highest BCUT2D eigenvalue weighted by Gasteiger charge is 2.16. The molecule has 0 unspecified atom stereocenters. The number of amides is 2. The number of nitrogens with zero attached hydrogens (tertiary/aromatic N) is 1. The zero-order chi connectivity index (χ0) is 26.1. The summed E-state index contributed by atoms with van der Waals surface area (Å²) in [5.41, 5.74) is 0.812. The first kappa shape index (κ1) is 26.7. The zero-order valence-electron chi connectivity index (χ0n) is 19.0. The van der Waals surface area contributed by atoms with Gasteiger partial charge in [0.05, 0.1) is 16.8 Å². The highest BCUT2D eigenvalue weighted by atomic mass is 79.9. The van der Waals surface area contributed by atoms with E-state index in [1.54, 1.807) is 49.4 Å². The Bertz CT molecular complexity index is 1360. The van der Waals surface area contributed by atoms with Gasteiger partial charge in [-0.15, -0.1) is 0 Å². The number of anilines is 2. The Morgan fingerprint density at radius 2 is 1.89 bits per heavy atom. The molecule has 0 spiro atoms. The molecular weight excluding hydrogens is 553 g/mol. The molecule has 0 aliphatic heterocycles. The van der Waals surface area contributed by atoms with Gasteiger partial charge in [0.15, 0.2) is 18.1 Å². The molecule has 0 aromatic heterocycles. The number of hydrogen-bond acceptors (Lipinski definition) is 5. The van der Waals surface area contributed by atoms with Crippen LogP contribution in [0.4, 0.5) is 15.8 Å². The summed E-state index contributed by atoms with van der Waals surface area (Å²) in [4.78, 5) is 24.8. The summed E-state index contributed by atoms with van der Waals surface area (Å²) in [7, 11) is 0. The second-order valence-corrected chi connectivity index (χ2v) is 8.50. The molecule has 0 aliphatic carbocycles. The molecular formula is C26H20BrClFN3O4. The Hall–Kier alpha value is -3.87. The first-order valence-corrected chi connectivity index (χ1v) is 11.8. The van der Waals surface area contributed by atoms with E-state index < -0.39 is 24.2 Å². The number of carbonyl (C=O) groups is 2. The van der Waals surface area contributed by atoms with Gasteiger partial charge in [0.25, 0.3) is 11.8 Å². The van der Waals surface area contributed by atoms with Gasteiger partial charge >= 0.3 is 0 Å². The molecule has 0 aliphatic rings. The van der Waals surface area contributed by atoms with Crippen molar-refractivity contribution in [2.45, 2.75) is 6.92 Å². The Morgan fingerprint density at radius 1 is 1.11 bits per heavy atom. The number of ether oxygens (including phenoxy) is 2. The second-order valence-electron chi connectivity index (χ2n) is 7.21. The number of nitriles is 1.